The first-order valence-corrected chi connectivity index (χ1v) is 11.3. The van der Waals surface area contributed by atoms with Crippen LogP contribution < -0.4 is 40.0 Å². The Balaban J connectivity index is 0.00000274. The fourth-order valence-corrected chi connectivity index (χ4v) is 5.73. The van der Waals surface area contributed by atoms with Crippen molar-refractivity contribution in [2.24, 2.45) is 13.0 Å². The van der Waals surface area contributed by atoms with E-state index in [9.17, 15) is 24.6 Å². The van der Waals surface area contributed by atoms with Crippen LogP contribution in [0.15, 0.2) is 40.7 Å². The number of likely N-dealkylation sites (tertiary alicyclic amines) is 1. The van der Waals surface area contributed by atoms with E-state index in [0.717, 1.165) is 5.56 Å². The van der Waals surface area contributed by atoms with Gasteiger partial charge in [0.1, 0.15) is 11.8 Å². The summed E-state index contributed by atoms with van der Waals surface area (Å²) >= 11 is 1.29. The van der Waals surface area contributed by atoms with Gasteiger partial charge >= 0.3 is 35.6 Å². The van der Waals surface area contributed by atoms with Gasteiger partial charge in [0, 0.05) is 31.8 Å². The second-order valence-electron chi connectivity index (χ2n) is 8.09. The van der Waals surface area contributed by atoms with Crippen LogP contribution in [-0.4, -0.2) is 77.4 Å². The van der Waals surface area contributed by atoms with Crippen molar-refractivity contribution < 1.29 is 54.2 Å². The number of nitrogens with zero attached hydrogens (tertiary/aromatic N) is 6. The maximum absolute atomic E-state index is 12.9. The van der Waals surface area contributed by atoms with Crippen LogP contribution >= 0.6 is 11.8 Å². The third-order valence-corrected chi connectivity index (χ3v) is 7.37. The third-order valence-electron chi connectivity index (χ3n) is 6.31. The molecule has 0 bridgehead atoms. The number of amides is 3. The molecule has 1 aromatic carbocycles. The zero-order valence-electron chi connectivity index (χ0n) is 18.5. The first kappa shape index (κ1) is 24.5. The fraction of sp³-hybridized carbons (Fsp3) is 0.400. The van der Waals surface area contributed by atoms with Crippen molar-refractivity contribution >= 4 is 29.7 Å². The van der Waals surface area contributed by atoms with E-state index in [1.54, 1.807) is 19.2 Å². The van der Waals surface area contributed by atoms with Crippen LogP contribution in [0.2, 0.25) is 0 Å². The number of carboxylic acids is 1. The molecule has 3 amide bonds. The number of aromatic hydroxyl groups is 1. The molecule has 2 fully saturated rings. The Morgan fingerprint density at radius 2 is 2.03 bits per heavy atom. The van der Waals surface area contributed by atoms with Crippen molar-refractivity contribution in [3.8, 4) is 5.75 Å². The van der Waals surface area contributed by atoms with Gasteiger partial charge in [0.25, 0.3) is 5.91 Å². The van der Waals surface area contributed by atoms with Gasteiger partial charge in [-0.2, -0.15) is 0 Å². The molecule has 0 aliphatic carbocycles. The average Bonchev–Trinajstić information content (AvgIpc) is 3.35. The monoisotopic (exact) mass is 493 g/mol. The van der Waals surface area contributed by atoms with Crippen LogP contribution in [0, 0.1) is 5.92 Å². The molecule has 14 heteroatoms. The molecule has 0 saturated carbocycles. The van der Waals surface area contributed by atoms with Crippen molar-refractivity contribution in [2.45, 2.75) is 30.2 Å². The van der Waals surface area contributed by atoms with E-state index in [4.69, 9.17) is 0 Å². The molecule has 3 atom stereocenters. The van der Waals surface area contributed by atoms with E-state index in [2.05, 4.69) is 20.8 Å². The van der Waals surface area contributed by atoms with Crippen LogP contribution in [-0.2, 0) is 23.2 Å². The standard InChI is InChI=1S/C20H21N7O5S.Na/c1-25-20(22-23-24-25)33-9-13-12-6-7-26(16-14(12)27(17(16)29)15(13)18(30)31)19(32)21-8-10-2-4-11(28)5-3-10;/h2-5,12,14,16,28H,6-9H2,1H3,(H,21,32)(H,30,31);/q;+1/p-1/t12?,14-,16+;/m1./s1. The quantitative estimate of drug-likeness (QED) is 0.232. The number of tetrazole rings is 1. The minimum absolute atomic E-state index is 0. The minimum Gasteiger partial charge on any atom is -0.543 e. The summed E-state index contributed by atoms with van der Waals surface area (Å²) in [5.74, 6) is -1.54. The number of nitrogens with one attached hydrogen (secondary N) is 1. The van der Waals surface area contributed by atoms with Gasteiger partial charge in [0.2, 0.25) is 5.16 Å². The van der Waals surface area contributed by atoms with Gasteiger partial charge in [0.05, 0.1) is 17.7 Å². The van der Waals surface area contributed by atoms with Crippen molar-refractivity contribution in [3.63, 3.8) is 0 Å². The zero-order valence-corrected chi connectivity index (χ0v) is 21.4. The number of carbonyl (C=O) groups excluding carboxylic acids is 3. The third kappa shape index (κ3) is 4.06. The second-order valence-corrected chi connectivity index (χ2v) is 9.03. The molecule has 3 aliphatic heterocycles. The molecule has 1 unspecified atom stereocenters. The van der Waals surface area contributed by atoms with Gasteiger partial charge < -0.3 is 30.1 Å². The molecule has 34 heavy (non-hydrogen) atoms. The number of aliphatic carboxylic acids is 1. The van der Waals surface area contributed by atoms with Crippen LogP contribution in [0.4, 0.5) is 4.79 Å². The topological polar surface area (TPSA) is 157 Å². The first-order chi connectivity index (χ1) is 15.9. The molecule has 172 valence electrons. The molecular formula is C20H20N7NaO5S. The molecule has 4 heterocycles. The number of piperidine rings is 1. The van der Waals surface area contributed by atoms with Crippen molar-refractivity contribution in [2.75, 3.05) is 12.3 Å². The number of rotatable bonds is 6. The maximum Gasteiger partial charge on any atom is 1.00 e. The maximum atomic E-state index is 12.9. The number of thioether (sulfide) groups is 1. The van der Waals surface area contributed by atoms with Gasteiger partial charge in [-0.3, -0.25) is 4.79 Å². The van der Waals surface area contributed by atoms with Gasteiger partial charge in [0.15, 0.2) is 0 Å². The Morgan fingerprint density at radius 3 is 2.68 bits per heavy atom. The summed E-state index contributed by atoms with van der Waals surface area (Å²) in [5.41, 5.74) is 1.32. The van der Waals surface area contributed by atoms with Crippen LogP contribution in [0.3, 0.4) is 0 Å². The van der Waals surface area contributed by atoms with Crippen molar-refractivity contribution in [1.82, 2.24) is 35.3 Å². The molecule has 2 aromatic rings. The number of phenolic OH excluding ortho intramolecular Hbond substituents is 1. The number of carboxylic acid groups (broad SMARTS) is 1. The molecular weight excluding hydrogens is 473 g/mol. The number of hydrogen-bond donors (Lipinski definition) is 2. The summed E-state index contributed by atoms with van der Waals surface area (Å²) in [6, 6.07) is 4.94. The number of benzene rings is 1. The van der Waals surface area contributed by atoms with Gasteiger partial charge in [-0.15, -0.1) is 5.10 Å². The fourth-order valence-electron chi connectivity index (χ4n) is 4.78. The summed E-state index contributed by atoms with van der Waals surface area (Å²) in [6.45, 7) is 0.567. The molecule has 3 aliphatic rings. The first-order valence-electron chi connectivity index (χ1n) is 10.3. The number of aromatic nitrogens is 4. The SMILES string of the molecule is Cn1nnnc1SCC1=C(C(=O)[O-])N2C(=O)[C@@H]3[C@H]2C1CCN3C(=O)NCc1ccc(O)cc1.[Na+]. The van der Waals surface area contributed by atoms with Crippen molar-refractivity contribution in [3.05, 3.63) is 41.1 Å². The zero-order chi connectivity index (χ0) is 23.3. The number of carbonyl (C=O) groups is 3. The smallest absolute Gasteiger partial charge is 0.543 e. The number of hydrogen-bond acceptors (Lipinski definition) is 9. The van der Waals surface area contributed by atoms with E-state index in [1.165, 1.54) is 38.4 Å². The molecule has 0 spiro atoms. The molecule has 1 aromatic heterocycles. The molecule has 2 saturated heterocycles. The van der Waals surface area contributed by atoms with Gasteiger partial charge in [-0.25, -0.2) is 9.48 Å². The van der Waals surface area contributed by atoms with Crippen LogP contribution in [0.25, 0.3) is 0 Å². The Labute approximate surface area is 220 Å². The summed E-state index contributed by atoms with van der Waals surface area (Å²) < 4.78 is 1.49. The molecule has 0 radical (unpaired) electrons. The Bertz CT molecular complexity index is 1170. The van der Waals surface area contributed by atoms with E-state index in [-0.39, 0.29) is 59.5 Å². The molecule has 12 nitrogen and oxygen atoms in total. The summed E-state index contributed by atoms with van der Waals surface area (Å²) in [7, 11) is 1.69. The molecule has 2 N–H and O–H groups in total. The average molecular weight is 493 g/mol. The summed E-state index contributed by atoms with van der Waals surface area (Å²) in [5, 5.41) is 35.9. The number of phenols is 1. The second kappa shape index (κ2) is 9.56. The summed E-state index contributed by atoms with van der Waals surface area (Å²) in [6.07, 6.45) is 0.529. The normalized spacial score (nSPS) is 22.7. The summed E-state index contributed by atoms with van der Waals surface area (Å²) in [4.78, 5) is 40.5. The predicted octanol–water partition coefficient (Wildman–Crippen LogP) is -4.16. The van der Waals surface area contributed by atoms with Gasteiger partial charge in [-0.05, 0) is 40.1 Å². The van der Waals surface area contributed by atoms with Gasteiger partial charge in [-0.1, -0.05) is 23.9 Å². The van der Waals surface area contributed by atoms with Crippen LogP contribution in [0.5, 0.6) is 5.75 Å². The Kier molecular flexibility index (Phi) is 6.90. The van der Waals surface area contributed by atoms with Crippen molar-refractivity contribution in [1.29, 1.82) is 0 Å². The van der Waals surface area contributed by atoms with E-state index in [1.807, 2.05) is 0 Å². The van der Waals surface area contributed by atoms with Crippen LogP contribution in [0.1, 0.15) is 12.0 Å². The number of aryl methyl sites for hydroxylation is 1. The van der Waals surface area contributed by atoms with E-state index >= 15 is 0 Å². The van der Waals surface area contributed by atoms with E-state index < -0.39 is 24.0 Å². The van der Waals surface area contributed by atoms with E-state index in [0.29, 0.717) is 29.4 Å². The Hall–Kier alpha value is -2.61. The predicted molar refractivity (Wildman–Crippen MR) is 111 cm³/mol. The largest absolute Gasteiger partial charge is 1.00 e. The molecule has 5 rings (SSSR count). The Morgan fingerprint density at radius 1 is 1.29 bits per heavy atom. The number of urea groups is 1. The minimum atomic E-state index is -1.40. The number of β-lactam (4-membered cyclic amide) rings is 1.